The first kappa shape index (κ1) is 14.5. The number of aromatic nitrogens is 4. The lowest BCUT2D eigenvalue weighted by Crippen LogP contribution is -2.33. The van der Waals surface area contributed by atoms with E-state index in [0.29, 0.717) is 10.8 Å². The number of aryl methyl sites for hydroxylation is 1. The van der Waals surface area contributed by atoms with Gasteiger partial charge in [0.1, 0.15) is 0 Å². The molecule has 0 aliphatic carbocycles. The molecule has 1 N–H and O–H groups in total. The highest BCUT2D eigenvalue weighted by Gasteiger charge is 2.18. The fourth-order valence-electron chi connectivity index (χ4n) is 1.93. The molecule has 0 bridgehead atoms. The molecular formula is C15H13N5O3. The van der Waals surface area contributed by atoms with E-state index in [1.54, 1.807) is 53.6 Å². The average Bonchev–Trinajstić information content (AvgIpc) is 3.00. The van der Waals surface area contributed by atoms with E-state index in [9.17, 15) is 9.90 Å². The van der Waals surface area contributed by atoms with Crippen molar-refractivity contribution in [1.29, 1.82) is 0 Å². The Morgan fingerprint density at radius 2 is 1.83 bits per heavy atom. The molecule has 0 aliphatic rings. The van der Waals surface area contributed by atoms with Gasteiger partial charge in [-0.3, -0.25) is 4.68 Å². The van der Waals surface area contributed by atoms with Crippen molar-refractivity contribution in [2.45, 2.75) is 0 Å². The molecule has 0 unspecified atom stereocenters. The highest BCUT2D eigenvalue weighted by atomic mass is 16.7. The van der Waals surface area contributed by atoms with Crippen LogP contribution in [0.15, 0.2) is 55.1 Å². The minimum Gasteiger partial charge on any atom is -0.463 e. The van der Waals surface area contributed by atoms with E-state index >= 15 is 0 Å². The van der Waals surface area contributed by atoms with Crippen LogP contribution in [0.25, 0.3) is 11.1 Å². The summed E-state index contributed by atoms with van der Waals surface area (Å²) in [6, 6.07) is 8.35. The molecule has 8 nitrogen and oxygen atoms in total. The van der Waals surface area contributed by atoms with Gasteiger partial charge in [-0.15, -0.1) is 5.06 Å². The molecule has 3 aromatic rings. The standard InChI is InChI=1S/C15H13N5O3/c1-19-10-12(9-18-19)11-7-16-14(17-8-11)23-20(15(21)22)13-5-3-2-4-6-13/h2-10H,1H3,(H,21,22). The number of nitrogens with zero attached hydrogens (tertiary/aromatic N) is 5. The maximum Gasteiger partial charge on any atom is 0.445 e. The van der Waals surface area contributed by atoms with Crippen molar-refractivity contribution in [2.75, 3.05) is 5.06 Å². The average molecular weight is 311 g/mol. The highest BCUT2D eigenvalue weighted by molar-refractivity contribution is 5.83. The second-order valence-corrected chi connectivity index (χ2v) is 4.66. The third-order valence-corrected chi connectivity index (χ3v) is 3.00. The molecule has 1 amide bonds. The fourth-order valence-corrected chi connectivity index (χ4v) is 1.93. The summed E-state index contributed by atoms with van der Waals surface area (Å²) in [6.07, 6.45) is 5.34. The van der Waals surface area contributed by atoms with E-state index in [0.717, 1.165) is 11.1 Å². The lowest BCUT2D eigenvalue weighted by Gasteiger charge is -2.17. The molecule has 2 aromatic heterocycles. The summed E-state index contributed by atoms with van der Waals surface area (Å²) in [5.41, 5.74) is 1.98. The monoisotopic (exact) mass is 311 g/mol. The van der Waals surface area contributed by atoms with E-state index in [1.807, 2.05) is 13.2 Å². The molecule has 0 saturated heterocycles. The van der Waals surface area contributed by atoms with Crippen molar-refractivity contribution >= 4 is 11.8 Å². The van der Waals surface area contributed by atoms with Crippen LogP contribution in [0, 0.1) is 0 Å². The van der Waals surface area contributed by atoms with Gasteiger partial charge in [-0.1, -0.05) is 18.2 Å². The van der Waals surface area contributed by atoms with Crippen molar-refractivity contribution in [3.8, 4) is 17.1 Å². The Morgan fingerprint density at radius 3 is 2.39 bits per heavy atom. The van der Waals surface area contributed by atoms with E-state index in [-0.39, 0.29) is 6.01 Å². The summed E-state index contributed by atoms with van der Waals surface area (Å²) in [5.74, 6) is 0. The molecule has 23 heavy (non-hydrogen) atoms. The predicted octanol–water partition coefficient (Wildman–Crippen LogP) is 2.36. The number of hydroxylamine groups is 1. The van der Waals surface area contributed by atoms with Gasteiger partial charge in [0, 0.05) is 36.8 Å². The van der Waals surface area contributed by atoms with Crippen LogP contribution in [0.3, 0.4) is 0 Å². The zero-order valence-electron chi connectivity index (χ0n) is 12.2. The van der Waals surface area contributed by atoms with Gasteiger partial charge in [0.05, 0.1) is 11.9 Å². The number of amides is 1. The maximum absolute atomic E-state index is 11.3. The normalized spacial score (nSPS) is 10.3. The van der Waals surface area contributed by atoms with Gasteiger partial charge in [-0.2, -0.15) is 5.10 Å². The third kappa shape index (κ3) is 3.26. The molecule has 0 radical (unpaired) electrons. The van der Waals surface area contributed by atoms with Gasteiger partial charge in [-0.05, 0) is 12.1 Å². The van der Waals surface area contributed by atoms with Crippen molar-refractivity contribution in [3.63, 3.8) is 0 Å². The van der Waals surface area contributed by atoms with Gasteiger partial charge in [0.2, 0.25) is 0 Å². The number of para-hydroxylation sites is 1. The summed E-state index contributed by atoms with van der Waals surface area (Å²) >= 11 is 0. The lowest BCUT2D eigenvalue weighted by molar-refractivity contribution is 0.164. The Morgan fingerprint density at radius 1 is 1.13 bits per heavy atom. The van der Waals surface area contributed by atoms with E-state index < -0.39 is 6.09 Å². The van der Waals surface area contributed by atoms with Crippen molar-refractivity contribution in [3.05, 3.63) is 55.1 Å². The van der Waals surface area contributed by atoms with Crippen LogP contribution in [0.4, 0.5) is 10.5 Å². The molecule has 8 heteroatoms. The second kappa shape index (κ2) is 6.14. The van der Waals surface area contributed by atoms with Crippen LogP contribution in [-0.4, -0.2) is 30.9 Å². The van der Waals surface area contributed by atoms with Gasteiger partial charge < -0.3 is 9.94 Å². The first-order chi connectivity index (χ1) is 11.1. The number of anilines is 1. The van der Waals surface area contributed by atoms with E-state index in [1.165, 1.54) is 0 Å². The highest BCUT2D eigenvalue weighted by Crippen LogP contribution is 2.19. The molecule has 3 rings (SSSR count). The minimum atomic E-state index is -1.27. The minimum absolute atomic E-state index is 0.0658. The number of hydrogen-bond acceptors (Lipinski definition) is 5. The van der Waals surface area contributed by atoms with Crippen LogP contribution in [0.5, 0.6) is 6.01 Å². The summed E-state index contributed by atoms with van der Waals surface area (Å²) in [5, 5.41) is 14.0. The topological polar surface area (TPSA) is 93.4 Å². The Labute approximate surface area is 131 Å². The molecule has 0 saturated carbocycles. The Bertz CT molecular complexity index is 801. The van der Waals surface area contributed by atoms with Gasteiger partial charge >= 0.3 is 12.1 Å². The second-order valence-electron chi connectivity index (χ2n) is 4.66. The summed E-state index contributed by atoms with van der Waals surface area (Å²) in [6.45, 7) is 0. The molecule has 0 atom stereocenters. The van der Waals surface area contributed by atoms with Crippen LogP contribution in [0.1, 0.15) is 0 Å². The van der Waals surface area contributed by atoms with Gasteiger partial charge in [0.25, 0.3) is 0 Å². The van der Waals surface area contributed by atoms with Crippen LogP contribution in [-0.2, 0) is 7.05 Å². The van der Waals surface area contributed by atoms with E-state index in [2.05, 4.69) is 15.1 Å². The molecule has 1 aromatic carbocycles. The Balaban J connectivity index is 1.80. The van der Waals surface area contributed by atoms with Crippen molar-refractivity contribution in [2.24, 2.45) is 7.05 Å². The molecular weight excluding hydrogens is 298 g/mol. The Kier molecular flexibility index (Phi) is 3.88. The predicted molar refractivity (Wildman–Crippen MR) is 81.8 cm³/mol. The smallest absolute Gasteiger partial charge is 0.445 e. The number of carbonyl (C=O) groups is 1. The SMILES string of the molecule is Cn1cc(-c2cnc(ON(C(=O)O)c3ccccc3)nc2)cn1. The zero-order valence-corrected chi connectivity index (χ0v) is 12.2. The summed E-state index contributed by atoms with van der Waals surface area (Å²) < 4.78 is 1.67. The number of carboxylic acid groups (broad SMARTS) is 1. The number of rotatable bonds is 4. The Hall–Kier alpha value is -3.42. The zero-order chi connectivity index (χ0) is 16.2. The van der Waals surface area contributed by atoms with Crippen LogP contribution in [0.2, 0.25) is 0 Å². The van der Waals surface area contributed by atoms with Crippen LogP contribution < -0.4 is 9.90 Å². The molecule has 0 aliphatic heterocycles. The first-order valence-corrected chi connectivity index (χ1v) is 6.70. The van der Waals surface area contributed by atoms with Gasteiger partial charge in [-0.25, -0.2) is 14.8 Å². The fraction of sp³-hybridized carbons (Fsp3) is 0.0667. The number of hydrogen-bond donors (Lipinski definition) is 1. The van der Waals surface area contributed by atoms with Crippen molar-refractivity contribution in [1.82, 2.24) is 19.7 Å². The summed E-state index contributed by atoms with van der Waals surface area (Å²) in [7, 11) is 1.81. The molecule has 0 fully saturated rings. The third-order valence-electron chi connectivity index (χ3n) is 3.00. The first-order valence-electron chi connectivity index (χ1n) is 6.70. The maximum atomic E-state index is 11.3. The summed E-state index contributed by atoms with van der Waals surface area (Å²) in [4.78, 5) is 24.7. The van der Waals surface area contributed by atoms with Crippen LogP contribution >= 0.6 is 0 Å². The van der Waals surface area contributed by atoms with E-state index in [4.69, 9.17) is 4.84 Å². The quantitative estimate of drug-likeness (QED) is 0.743. The molecule has 0 spiro atoms. The van der Waals surface area contributed by atoms with Crippen molar-refractivity contribution < 1.29 is 14.7 Å². The lowest BCUT2D eigenvalue weighted by atomic mass is 10.2. The molecule has 2 heterocycles. The molecule has 116 valence electrons. The van der Waals surface area contributed by atoms with Gasteiger partial charge in [0.15, 0.2) is 0 Å². The number of benzene rings is 1. The largest absolute Gasteiger partial charge is 0.463 e.